The predicted molar refractivity (Wildman–Crippen MR) is 85.4 cm³/mol. The molecule has 3 rings (SSSR count). The van der Waals surface area contributed by atoms with E-state index in [4.69, 9.17) is 21.0 Å². The molecule has 0 saturated heterocycles. The molecule has 118 valence electrons. The number of nitrogen functional groups attached to an aromatic ring is 1. The Labute approximate surface area is 129 Å². The van der Waals surface area contributed by atoms with E-state index in [0.717, 1.165) is 0 Å². The third-order valence-electron chi connectivity index (χ3n) is 3.74. The van der Waals surface area contributed by atoms with Gasteiger partial charge in [-0.1, -0.05) is 6.07 Å². The van der Waals surface area contributed by atoms with Gasteiger partial charge in [0, 0.05) is 10.8 Å². The number of aromatic hydroxyl groups is 1. The summed E-state index contributed by atoms with van der Waals surface area (Å²) in [6, 6.07) is 6.89. The summed E-state index contributed by atoms with van der Waals surface area (Å²) >= 11 is 0. The van der Waals surface area contributed by atoms with Crippen molar-refractivity contribution >= 4 is 33.4 Å². The van der Waals surface area contributed by atoms with Crippen LogP contribution in [0.4, 0.5) is 5.69 Å². The fourth-order valence-corrected chi connectivity index (χ4v) is 2.55. The van der Waals surface area contributed by atoms with Crippen LogP contribution in [0.3, 0.4) is 0 Å². The predicted octanol–water partition coefficient (Wildman–Crippen LogP) is 1.19. The number of nitrogens with two attached hydrogens (primary N) is 2. The van der Waals surface area contributed by atoms with E-state index in [1.807, 2.05) is 0 Å². The standard InChI is InChI=1S/C16H14N2O5/c17-10(15(20)21)6-7-1-4-12-9(5-7)8-2-3-11(19)14(18)13(8)16(22)23-12/h1-5,10,19H,6,17-18H2,(H,20,21). The van der Waals surface area contributed by atoms with Gasteiger partial charge in [0.2, 0.25) is 0 Å². The van der Waals surface area contributed by atoms with Crippen LogP contribution in [0.25, 0.3) is 21.7 Å². The summed E-state index contributed by atoms with van der Waals surface area (Å²) in [7, 11) is 0. The Kier molecular flexibility index (Phi) is 3.42. The van der Waals surface area contributed by atoms with Crippen molar-refractivity contribution in [1.82, 2.24) is 0 Å². The third-order valence-corrected chi connectivity index (χ3v) is 3.74. The van der Waals surface area contributed by atoms with Crippen molar-refractivity contribution in [1.29, 1.82) is 0 Å². The van der Waals surface area contributed by atoms with Crippen molar-refractivity contribution in [2.75, 3.05) is 5.73 Å². The average molecular weight is 314 g/mol. The molecule has 0 fully saturated rings. The number of phenols is 1. The van der Waals surface area contributed by atoms with E-state index in [-0.39, 0.29) is 23.2 Å². The van der Waals surface area contributed by atoms with Crippen LogP contribution >= 0.6 is 0 Å². The topological polar surface area (TPSA) is 140 Å². The molecule has 0 radical (unpaired) electrons. The molecule has 1 aromatic heterocycles. The largest absolute Gasteiger partial charge is 0.506 e. The van der Waals surface area contributed by atoms with Gasteiger partial charge in [0.15, 0.2) is 0 Å². The van der Waals surface area contributed by atoms with Crippen LogP contribution in [0.1, 0.15) is 5.56 Å². The maximum absolute atomic E-state index is 12.1. The average Bonchev–Trinajstić information content (AvgIpc) is 2.50. The van der Waals surface area contributed by atoms with E-state index in [2.05, 4.69) is 0 Å². The summed E-state index contributed by atoms with van der Waals surface area (Å²) in [6.07, 6.45) is 0.138. The molecule has 0 amide bonds. The number of hydrogen-bond donors (Lipinski definition) is 4. The summed E-state index contributed by atoms with van der Waals surface area (Å²) in [6.45, 7) is 0. The SMILES string of the molecule is Nc1c(O)ccc2c1c(=O)oc1ccc(CC(N)C(=O)O)cc12. The minimum atomic E-state index is -1.09. The van der Waals surface area contributed by atoms with Gasteiger partial charge in [0.25, 0.3) is 0 Å². The molecular weight excluding hydrogens is 300 g/mol. The lowest BCUT2D eigenvalue weighted by atomic mass is 10.0. The lowest BCUT2D eigenvalue weighted by molar-refractivity contribution is -0.138. The van der Waals surface area contributed by atoms with Crippen molar-refractivity contribution in [2.24, 2.45) is 5.73 Å². The summed E-state index contributed by atoms with van der Waals surface area (Å²) in [4.78, 5) is 22.9. The van der Waals surface area contributed by atoms with Crippen molar-refractivity contribution in [3.63, 3.8) is 0 Å². The molecule has 0 spiro atoms. The van der Waals surface area contributed by atoms with Gasteiger partial charge < -0.3 is 26.1 Å². The number of carbonyl (C=O) groups is 1. The Morgan fingerprint density at radius 3 is 2.65 bits per heavy atom. The second-order valence-electron chi connectivity index (χ2n) is 5.29. The van der Waals surface area contributed by atoms with E-state index < -0.39 is 17.6 Å². The summed E-state index contributed by atoms with van der Waals surface area (Å²) in [5, 5.41) is 19.8. The van der Waals surface area contributed by atoms with E-state index in [1.54, 1.807) is 24.3 Å². The van der Waals surface area contributed by atoms with E-state index >= 15 is 0 Å². The van der Waals surface area contributed by atoms with E-state index in [0.29, 0.717) is 21.9 Å². The van der Waals surface area contributed by atoms with Gasteiger partial charge in [0.05, 0.1) is 11.1 Å². The first-order valence-electron chi connectivity index (χ1n) is 6.83. The molecule has 2 aromatic carbocycles. The smallest absolute Gasteiger partial charge is 0.346 e. The normalized spacial score (nSPS) is 12.6. The summed E-state index contributed by atoms with van der Waals surface area (Å²) < 4.78 is 5.22. The van der Waals surface area contributed by atoms with Crippen molar-refractivity contribution in [3.8, 4) is 5.75 Å². The van der Waals surface area contributed by atoms with Gasteiger partial charge >= 0.3 is 11.6 Å². The quantitative estimate of drug-likeness (QED) is 0.246. The number of phenolic OH excluding ortho intramolecular Hbond substituents is 1. The van der Waals surface area contributed by atoms with Crippen LogP contribution in [0.15, 0.2) is 39.5 Å². The van der Waals surface area contributed by atoms with Crippen LogP contribution in [0.2, 0.25) is 0 Å². The van der Waals surface area contributed by atoms with Gasteiger partial charge in [-0.15, -0.1) is 0 Å². The molecule has 1 atom stereocenters. The molecule has 7 heteroatoms. The summed E-state index contributed by atoms with van der Waals surface area (Å²) in [5.74, 6) is -1.29. The first kappa shape index (κ1) is 14.9. The maximum Gasteiger partial charge on any atom is 0.346 e. The Hall–Kier alpha value is -3.06. The molecule has 1 heterocycles. The second-order valence-corrected chi connectivity index (χ2v) is 5.29. The number of carboxylic acid groups (broad SMARTS) is 1. The molecule has 0 aliphatic carbocycles. The van der Waals surface area contributed by atoms with Gasteiger partial charge in [-0.05, 0) is 36.2 Å². The van der Waals surface area contributed by atoms with Crippen LogP contribution in [0, 0.1) is 0 Å². The molecule has 0 saturated carbocycles. The zero-order valence-electron chi connectivity index (χ0n) is 11.9. The summed E-state index contributed by atoms with van der Waals surface area (Å²) in [5.41, 5.74) is 11.7. The molecule has 0 aliphatic heterocycles. The van der Waals surface area contributed by atoms with Crippen LogP contribution in [-0.2, 0) is 11.2 Å². The van der Waals surface area contributed by atoms with Crippen molar-refractivity contribution < 1.29 is 19.4 Å². The van der Waals surface area contributed by atoms with Crippen molar-refractivity contribution in [2.45, 2.75) is 12.5 Å². The first-order chi connectivity index (χ1) is 10.9. The molecular formula is C16H14N2O5. The van der Waals surface area contributed by atoms with Gasteiger partial charge in [-0.25, -0.2) is 4.79 Å². The third kappa shape index (κ3) is 2.47. The fourth-order valence-electron chi connectivity index (χ4n) is 2.55. The second kappa shape index (κ2) is 5.29. The highest BCUT2D eigenvalue weighted by Gasteiger charge is 2.15. The molecule has 0 aliphatic rings. The molecule has 0 bridgehead atoms. The number of fused-ring (bicyclic) bond motifs is 3. The number of carboxylic acids is 1. The Balaban J connectivity index is 2.27. The fraction of sp³-hybridized carbons (Fsp3) is 0.125. The molecule has 6 N–H and O–H groups in total. The van der Waals surface area contributed by atoms with Crippen LogP contribution < -0.4 is 17.1 Å². The van der Waals surface area contributed by atoms with Gasteiger partial charge in [-0.3, -0.25) is 4.79 Å². The first-order valence-corrected chi connectivity index (χ1v) is 6.83. The Bertz CT molecular complexity index is 993. The monoisotopic (exact) mass is 314 g/mol. The van der Waals surface area contributed by atoms with E-state index in [9.17, 15) is 14.7 Å². The number of aliphatic carboxylic acids is 1. The number of anilines is 1. The molecule has 7 nitrogen and oxygen atoms in total. The highest BCUT2D eigenvalue weighted by molar-refractivity contribution is 6.09. The highest BCUT2D eigenvalue weighted by Crippen LogP contribution is 2.32. The lowest BCUT2D eigenvalue weighted by Crippen LogP contribution is -2.32. The number of hydrogen-bond acceptors (Lipinski definition) is 6. The molecule has 1 unspecified atom stereocenters. The lowest BCUT2D eigenvalue weighted by Gasteiger charge is -2.09. The minimum absolute atomic E-state index is 0.0502. The minimum Gasteiger partial charge on any atom is -0.506 e. The van der Waals surface area contributed by atoms with Crippen LogP contribution in [-0.4, -0.2) is 22.2 Å². The zero-order chi connectivity index (χ0) is 16.7. The Morgan fingerprint density at radius 2 is 1.96 bits per heavy atom. The number of rotatable bonds is 3. The van der Waals surface area contributed by atoms with E-state index in [1.165, 1.54) is 6.07 Å². The Morgan fingerprint density at radius 1 is 1.22 bits per heavy atom. The van der Waals surface area contributed by atoms with Gasteiger partial charge in [-0.2, -0.15) is 0 Å². The number of benzene rings is 2. The molecule has 23 heavy (non-hydrogen) atoms. The zero-order valence-corrected chi connectivity index (χ0v) is 11.9. The van der Waals surface area contributed by atoms with Crippen LogP contribution in [0.5, 0.6) is 5.75 Å². The molecule has 3 aromatic rings. The highest BCUT2D eigenvalue weighted by atomic mass is 16.4. The maximum atomic E-state index is 12.1. The van der Waals surface area contributed by atoms with Gasteiger partial charge in [0.1, 0.15) is 17.4 Å². The van der Waals surface area contributed by atoms with Crippen molar-refractivity contribution in [3.05, 3.63) is 46.3 Å².